The molecule has 0 unspecified atom stereocenters. The van der Waals surface area contributed by atoms with Crippen LogP contribution in [0.3, 0.4) is 0 Å². The van der Waals surface area contributed by atoms with Crippen LogP contribution in [0.1, 0.15) is 15.9 Å². The predicted octanol–water partition coefficient (Wildman–Crippen LogP) is 3.45. The van der Waals surface area contributed by atoms with Gasteiger partial charge in [-0.05, 0) is 24.3 Å². The van der Waals surface area contributed by atoms with Gasteiger partial charge in [-0.2, -0.15) is 13.8 Å². The second kappa shape index (κ2) is 7.35. The Kier molecular flexibility index (Phi) is 4.99. The number of thiocarbonyl (C=S) groups is 1. The summed E-state index contributed by atoms with van der Waals surface area (Å²) in [6.45, 7) is -3.07. The molecule has 25 heavy (non-hydrogen) atoms. The third-order valence-electron chi connectivity index (χ3n) is 3.31. The molecular weight excluding hydrogens is 350 g/mol. The Morgan fingerprint density at radius 3 is 2.56 bits per heavy atom. The summed E-state index contributed by atoms with van der Waals surface area (Å²) in [5.41, 5.74) is 0.600. The maximum atomic E-state index is 12.7. The fourth-order valence-electron chi connectivity index (χ4n) is 2.20. The fourth-order valence-corrected chi connectivity index (χ4v) is 2.39. The molecule has 3 rings (SSSR count). The van der Waals surface area contributed by atoms with Gasteiger partial charge in [-0.1, -0.05) is 42.5 Å². The minimum Gasteiger partial charge on any atom is -0.469 e. The van der Waals surface area contributed by atoms with E-state index in [4.69, 9.17) is 17.0 Å². The molecule has 2 aromatic carbocycles. The van der Waals surface area contributed by atoms with E-state index in [1.54, 1.807) is 24.3 Å². The molecule has 0 aliphatic carbocycles. The lowest BCUT2D eigenvalue weighted by Gasteiger charge is -2.25. The van der Waals surface area contributed by atoms with Crippen LogP contribution < -0.4 is 4.74 Å². The van der Waals surface area contributed by atoms with Crippen molar-refractivity contribution in [3.8, 4) is 5.75 Å². The van der Waals surface area contributed by atoms with Crippen molar-refractivity contribution in [2.75, 3.05) is 6.61 Å². The van der Waals surface area contributed by atoms with Gasteiger partial charge in [0.25, 0.3) is 5.91 Å². The first-order chi connectivity index (χ1) is 12.1. The maximum absolute atomic E-state index is 12.7. The summed E-state index contributed by atoms with van der Waals surface area (Å²) < 4.78 is 34.9. The van der Waals surface area contributed by atoms with E-state index in [1.807, 2.05) is 6.07 Å². The quantitative estimate of drug-likeness (QED) is 0.782. The van der Waals surface area contributed by atoms with Gasteiger partial charge in [0.05, 0.1) is 5.56 Å². The molecule has 0 fully saturated rings. The van der Waals surface area contributed by atoms with Crippen molar-refractivity contribution in [3.63, 3.8) is 0 Å². The smallest absolute Gasteiger partial charge is 0.387 e. The molecule has 0 radical (unpaired) electrons. The van der Waals surface area contributed by atoms with Crippen LogP contribution in [0.15, 0.2) is 59.7 Å². The number of hydrogen-bond donors (Lipinski definition) is 0. The molecule has 0 aromatic heterocycles. The molecule has 0 atom stereocenters. The van der Waals surface area contributed by atoms with E-state index in [9.17, 15) is 13.6 Å². The Morgan fingerprint density at radius 1 is 1.16 bits per heavy atom. The van der Waals surface area contributed by atoms with Crippen molar-refractivity contribution in [3.05, 3.63) is 65.7 Å². The van der Waals surface area contributed by atoms with Crippen molar-refractivity contribution >= 4 is 29.0 Å². The molecule has 1 amide bonds. The average molecular weight is 362 g/mol. The lowest BCUT2D eigenvalue weighted by atomic mass is 10.2. The van der Waals surface area contributed by atoms with E-state index in [2.05, 4.69) is 9.84 Å². The molecule has 128 valence electrons. The molecule has 1 aliphatic heterocycles. The topological polar surface area (TPSA) is 51.1 Å². The molecule has 1 heterocycles. The number of hydrazone groups is 1. The minimum absolute atomic E-state index is 0.0212. The van der Waals surface area contributed by atoms with Crippen LogP contribution in [0.2, 0.25) is 0 Å². The number of para-hydroxylation sites is 1. The van der Waals surface area contributed by atoms with Gasteiger partial charge in [0.15, 0.2) is 0 Å². The number of benzene rings is 2. The number of carbonyl (C=O) groups excluding carboxylic acids is 1. The van der Waals surface area contributed by atoms with Gasteiger partial charge in [0.2, 0.25) is 5.90 Å². The normalized spacial score (nSPS) is 14.1. The second-order valence-electron chi connectivity index (χ2n) is 4.95. The van der Waals surface area contributed by atoms with Crippen molar-refractivity contribution < 1.29 is 23.0 Å². The highest BCUT2D eigenvalue weighted by Crippen LogP contribution is 2.23. The number of halogens is 2. The maximum Gasteiger partial charge on any atom is 0.387 e. The van der Waals surface area contributed by atoms with E-state index in [-0.39, 0.29) is 28.8 Å². The zero-order chi connectivity index (χ0) is 17.8. The number of amides is 1. The Bertz CT molecular complexity index is 828. The van der Waals surface area contributed by atoms with Crippen LogP contribution in [0, 0.1) is 0 Å². The highest BCUT2D eigenvalue weighted by molar-refractivity contribution is 7.80. The van der Waals surface area contributed by atoms with E-state index in [1.165, 1.54) is 24.3 Å². The number of nitrogens with zero attached hydrogens (tertiary/aromatic N) is 2. The first kappa shape index (κ1) is 17.0. The molecule has 1 aliphatic rings. The summed E-state index contributed by atoms with van der Waals surface area (Å²) in [6, 6.07) is 14.6. The summed E-state index contributed by atoms with van der Waals surface area (Å²) in [6.07, 6.45) is 0. The van der Waals surface area contributed by atoms with E-state index < -0.39 is 12.5 Å². The SMILES string of the molecule is O=C(c1ccccc1OC(F)F)N1N=C(c2ccccc2)OCC1=S. The Morgan fingerprint density at radius 2 is 1.84 bits per heavy atom. The predicted molar refractivity (Wildman–Crippen MR) is 90.8 cm³/mol. The van der Waals surface area contributed by atoms with E-state index in [0.29, 0.717) is 5.56 Å². The number of carbonyl (C=O) groups is 1. The van der Waals surface area contributed by atoms with Gasteiger partial charge in [-0.15, -0.1) is 5.10 Å². The third-order valence-corrected chi connectivity index (χ3v) is 3.60. The lowest BCUT2D eigenvalue weighted by Crippen LogP contribution is -2.39. The second-order valence-corrected chi connectivity index (χ2v) is 5.42. The van der Waals surface area contributed by atoms with E-state index >= 15 is 0 Å². The first-order valence-corrected chi connectivity index (χ1v) is 7.65. The minimum atomic E-state index is -3.05. The van der Waals surface area contributed by atoms with Gasteiger partial charge in [-0.3, -0.25) is 4.79 Å². The van der Waals surface area contributed by atoms with Crippen LogP contribution in [0.4, 0.5) is 8.78 Å². The van der Waals surface area contributed by atoms with Crippen LogP contribution in [0.5, 0.6) is 5.75 Å². The van der Waals surface area contributed by atoms with Gasteiger partial charge >= 0.3 is 6.61 Å². The highest BCUT2D eigenvalue weighted by atomic mass is 32.1. The summed E-state index contributed by atoms with van der Waals surface area (Å²) >= 11 is 5.12. The van der Waals surface area contributed by atoms with Gasteiger partial charge < -0.3 is 9.47 Å². The number of ether oxygens (including phenoxy) is 2. The average Bonchev–Trinajstić information content (AvgIpc) is 2.62. The van der Waals surface area contributed by atoms with Gasteiger partial charge in [0, 0.05) is 5.56 Å². The summed E-state index contributed by atoms with van der Waals surface area (Å²) in [5.74, 6) is -0.693. The molecule has 5 nitrogen and oxygen atoms in total. The number of rotatable bonds is 4. The van der Waals surface area contributed by atoms with Crippen LogP contribution >= 0.6 is 12.2 Å². The highest BCUT2D eigenvalue weighted by Gasteiger charge is 2.28. The standard InChI is InChI=1S/C17H12F2N2O3S/c18-17(19)24-13-9-5-4-8-12(13)16(22)21-14(25)10-23-15(20-21)11-6-2-1-3-7-11/h1-9,17H,10H2. The Balaban J connectivity index is 1.94. The molecule has 2 aromatic rings. The van der Waals surface area contributed by atoms with Gasteiger partial charge in [-0.25, -0.2) is 0 Å². The summed E-state index contributed by atoms with van der Waals surface area (Å²) in [5, 5.41) is 5.09. The van der Waals surface area contributed by atoms with Crippen LogP contribution in [0.25, 0.3) is 0 Å². The lowest BCUT2D eigenvalue weighted by molar-refractivity contribution is -0.0502. The first-order valence-electron chi connectivity index (χ1n) is 7.24. The number of hydrogen-bond acceptors (Lipinski definition) is 5. The molecule has 0 N–H and O–H groups in total. The van der Waals surface area contributed by atoms with Gasteiger partial charge in [0.1, 0.15) is 17.3 Å². The molecular formula is C17H12F2N2O3S. The fraction of sp³-hybridized carbons (Fsp3) is 0.118. The summed E-state index contributed by atoms with van der Waals surface area (Å²) in [4.78, 5) is 12.9. The molecule has 8 heteroatoms. The Hall–Kier alpha value is -2.87. The van der Waals surface area contributed by atoms with Crippen LogP contribution in [-0.4, -0.2) is 35.0 Å². The molecule has 0 bridgehead atoms. The largest absolute Gasteiger partial charge is 0.469 e. The Labute approximate surface area is 147 Å². The zero-order valence-electron chi connectivity index (χ0n) is 12.8. The molecule has 0 saturated heterocycles. The molecule has 0 spiro atoms. The van der Waals surface area contributed by atoms with Crippen molar-refractivity contribution in [2.24, 2.45) is 5.10 Å². The summed E-state index contributed by atoms with van der Waals surface area (Å²) in [7, 11) is 0. The van der Waals surface area contributed by atoms with Crippen molar-refractivity contribution in [2.45, 2.75) is 6.61 Å². The zero-order valence-corrected chi connectivity index (χ0v) is 13.6. The van der Waals surface area contributed by atoms with E-state index in [0.717, 1.165) is 5.01 Å². The van der Waals surface area contributed by atoms with Crippen LogP contribution in [-0.2, 0) is 4.74 Å². The monoisotopic (exact) mass is 362 g/mol. The van der Waals surface area contributed by atoms with Crippen molar-refractivity contribution in [1.82, 2.24) is 5.01 Å². The van der Waals surface area contributed by atoms with Crippen molar-refractivity contribution in [1.29, 1.82) is 0 Å². The molecule has 0 saturated carbocycles. The number of alkyl halides is 2. The third kappa shape index (κ3) is 3.80.